The Morgan fingerprint density at radius 1 is 0.914 bits per heavy atom. The molecule has 0 amide bonds. The summed E-state index contributed by atoms with van der Waals surface area (Å²) >= 11 is -2.46. The van der Waals surface area contributed by atoms with Crippen molar-refractivity contribution in [2.45, 2.75) is 115 Å². The van der Waals surface area contributed by atoms with Crippen molar-refractivity contribution in [2.75, 3.05) is 0 Å². The van der Waals surface area contributed by atoms with Crippen LogP contribution in [-0.4, -0.2) is 7.37 Å². The number of allylic oxidation sites excluding steroid dienone is 5. The summed E-state index contributed by atoms with van der Waals surface area (Å²) in [7, 11) is 1.37. The molecule has 0 heterocycles. The van der Waals surface area contributed by atoms with Gasteiger partial charge in [0, 0.05) is 0 Å². The molecule has 0 saturated heterocycles. The quantitative estimate of drug-likeness (QED) is 0.211. The Morgan fingerprint density at radius 3 is 1.86 bits per heavy atom. The maximum Gasteiger partial charge on any atom is -0.0536 e. The number of hydrogen-bond acceptors (Lipinski definition) is 0. The van der Waals surface area contributed by atoms with Crippen molar-refractivity contribution in [1.82, 2.24) is 0 Å². The molecule has 0 spiro atoms. The summed E-state index contributed by atoms with van der Waals surface area (Å²) in [5, 5.41) is 0. The first-order valence-corrected chi connectivity index (χ1v) is 27.1. The summed E-state index contributed by atoms with van der Waals surface area (Å²) in [5.41, 5.74) is 11.2. The molecule has 0 nitrogen and oxygen atoms in total. The number of hydrogen-bond donors (Lipinski definition) is 0. The van der Waals surface area contributed by atoms with Gasteiger partial charge in [-0.15, -0.1) is 24.8 Å². The molecule has 1 aromatic rings. The van der Waals surface area contributed by atoms with Crippen LogP contribution in [0.15, 0.2) is 38.2 Å². The normalized spacial score (nSPS) is 20.5. The third-order valence-electron chi connectivity index (χ3n) is 8.02. The Kier molecular flexibility index (Phi) is 15.0. The molecule has 0 radical (unpaired) electrons. The van der Waals surface area contributed by atoms with Crippen LogP contribution in [0.4, 0.5) is 0 Å². The van der Waals surface area contributed by atoms with Crippen LogP contribution >= 0.6 is 24.8 Å². The van der Waals surface area contributed by atoms with E-state index < -0.39 is 19.4 Å². The Balaban J connectivity index is 0.00000129. The zero-order valence-electron chi connectivity index (χ0n) is 24.8. The van der Waals surface area contributed by atoms with Crippen LogP contribution in [0.1, 0.15) is 133 Å². The molecule has 3 rings (SSSR count). The standard InChI is InChI=1S/C16H21.C8H11.C6H14.CH3.2ClH.H3Si.Zr/c1-10(2)13-8-14-6-12(5)7-16(14)15(9-13)11(3)4;1-6-4-7(2)8(3)5-6;1-3-5-6-4-2;;;;;/h6-11H,1-5H3;4,6H,1-3H3;3-6H2,1-2H3;1H3;2*1H;1H3;. The smallest absolute Gasteiger partial charge is 0.0536 e. The molecule has 0 aromatic heterocycles. The summed E-state index contributed by atoms with van der Waals surface area (Å²) in [6, 6.07) is 5.08. The molecule has 200 valence electrons. The van der Waals surface area contributed by atoms with E-state index in [2.05, 4.69) is 98.2 Å². The fraction of sp³-hybridized carbons (Fsp3) is 0.613. The van der Waals surface area contributed by atoms with Gasteiger partial charge in [0.25, 0.3) is 0 Å². The fourth-order valence-corrected chi connectivity index (χ4v) is 28.0. The van der Waals surface area contributed by atoms with Crippen molar-refractivity contribution in [3.05, 3.63) is 60.5 Å². The van der Waals surface area contributed by atoms with E-state index in [4.69, 9.17) is 0 Å². The van der Waals surface area contributed by atoms with Crippen LogP contribution in [0.2, 0.25) is 4.63 Å². The molecule has 0 N–H and O–H groups in total. The Morgan fingerprint density at radius 2 is 1.46 bits per heavy atom. The zero-order chi connectivity index (χ0) is 25.1. The van der Waals surface area contributed by atoms with Crippen LogP contribution in [0.3, 0.4) is 0 Å². The summed E-state index contributed by atoms with van der Waals surface area (Å²) < 4.78 is 5.39. The van der Waals surface area contributed by atoms with Crippen LogP contribution in [0, 0.1) is 5.92 Å². The van der Waals surface area contributed by atoms with Gasteiger partial charge in [0.2, 0.25) is 0 Å². The third-order valence-corrected chi connectivity index (χ3v) is 25.5. The largest absolute Gasteiger partial charge is 0.147 e. The van der Waals surface area contributed by atoms with Gasteiger partial charge >= 0.3 is 175 Å². The van der Waals surface area contributed by atoms with E-state index >= 15 is 0 Å². The molecule has 0 fully saturated rings. The topological polar surface area (TPSA) is 0 Å². The maximum atomic E-state index is 2.75. The minimum Gasteiger partial charge on any atom is -0.147 e. The van der Waals surface area contributed by atoms with Crippen LogP contribution in [0.5, 0.6) is 0 Å². The summed E-state index contributed by atoms with van der Waals surface area (Å²) in [6.45, 7) is 23.5. The van der Waals surface area contributed by atoms with Gasteiger partial charge in [-0.25, -0.2) is 0 Å². The number of benzene rings is 1. The first-order chi connectivity index (χ1) is 15.4. The summed E-state index contributed by atoms with van der Waals surface area (Å²) in [6.07, 6.45) is 10.6. The van der Waals surface area contributed by atoms with Gasteiger partial charge in [0.1, 0.15) is 0 Å². The van der Waals surface area contributed by atoms with Gasteiger partial charge in [0.15, 0.2) is 0 Å². The first-order valence-electron chi connectivity index (χ1n) is 13.6. The van der Waals surface area contributed by atoms with Crippen LogP contribution in [0.25, 0.3) is 6.08 Å². The van der Waals surface area contributed by atoms with Crippen molar-refractivity contribution in [2.24, 2.45) is 5.92 Å². The molecule has 2 aliphatic carbocycles. The van der Waals surface area contributed by atoms with Gasteiger partial charge in [-0.3, -0.25) is 0 Å². The number of rotatable bonds is 7. The fourth-order valence-electron chi connectivity index (χ4n) is 6.32. The molecule has 35 heavy (non-hydrogen) atoms. The Hall–Kier alpha value is 0.120. The average molecular weight is 617 g/mol. The zero-order valence-corrected chi connectivity index (χ0v) is 30.9. The van der Waals surface area contributed by atoms with E-state index in [1.165, 1.54) is 44.2 Å². The van der Waals surface area contributed by atoms with E-state index in [9.17, 15) is 0 Å². The Bertz CT molecular complexity index is 934. The monoisotopic (exact) mass is 614 g/mol. The molecule has 0 aliphatic heterocycles. The van der Waals surface area contributed by atoms with Crippen molar-refractivity contribution in [1.29, 1.82) is 0 Å². The van der Waals surface area contributed by atoms with E-state index in [1.54, 1.807) is 27.8 Å². The SMILES string of the molecule is CC1=CC(C)[C]([Zr]([CH3])([SiH3])[CH]2C(C)=Cc3c(C(C)C)cc(C(C)C)cc32)=C1C.CCCCCC.Cl.Cl. The number of fused-ring (bicyclic) bond motifs is 1. The molecule has 0 saturated carbocycles. The average Bonchev–Trinajstić information content (AvgIpc) is 3.20. The van der Waals surface area contributed by atoms with E-state index in [-0.39, 0.29) is 24.8 Å². The minimum absolute atomic E-state index is 0. The first kappa shape index (κ1) is 35.1. The van der Waals surface area contributed by atoms with Gasteiger partial charge in [0.05, 0.1) is 0 Å². The second kappa shape index (κ2) is 14.9. The predicted molar refractivity (Wildman–Crippen MR) is 167 cm³/mol. The van der Waals surface area contributed by atoms with Crippen molar-refractivity contribution in [3.63, 3.8) is 0 Å². The van der Waals surface area contributed by atoms with Gasteiger partial charge in [-0.2, -0.15) is 0 Å². The number of halogens is 2. The molecule has 3 atom stereocenters. The molecule has 1 aromatic carbocycles. The molecule has 2 aliphatic rings. The van der Waals surface area contributed by atoms with Crippen molar-refractivity contribution in [3.8, 4) is 0 Å². The second-order valence-electron chi connectivity index (χ2n) is 11.8. The Labute approximate surface area is 237 Å². The van der Waals surface area contributed by atoms with E-state index in [0.29, 0.717) is 17.8 Å². The number of unbranched alkanes of at least 4 members (excludes halogenated alkanes) is 3. The van der Waals surface area contributed by atoms with E-state index in [1.807, 2.05) is 3.28 Å². The van der Waals surface area contributed by atoms with Gasteiger partial charge in [-0.05, 0) is 0 Å². The molecule has 4 heteroatoms. The third kappa shape index (κ3) is 7.81. The van der Waals surface area contributed by atoms with E-state index in [0.717, 1.165) is 3.63 Å². The molecular formula is C31H54Cl2SiZr. The van der Waals surface area contributed by atoms with Crippen LogP contribution in [-0.2, 0) is 19.4 Å². The molecular weight excluding hydrogens is 563 g/mol. The molecule has 3 unspecified atom stereocenters. The second-order valence-corrected chi connectivity index (χ2v) is 35.3. The maximum absolute atomic E-state index is 2.75. The van der Waals surface area contributed by atoms with Gasteiger partial charge < -0.3 is 0 Å². The van der Waals surface area contributed by atoms with Crippen molar-refractivity contribution < 1.29 is 19.4 Å². The predicted octanol–water partition coefficient (Wildman–Crippen LogP) is 10.2. The minimum atomic E-state index is -2.46. The van der Waals surface area contributed by atoms with Crippen LogP contribution < -0.4 is 0 Å². The summed E-state index contributed by atoms with van der Waals surface area (Å²) in [5.74, 6) is 1.85. The van der Waals surface area contributed by atoms with Gasteiger partial charge in [-0.1, -0.05) is 39.5 Å². The van der Waals surface area contributed by atoms with Crippen molar-refractivity contribution >= 4 is 38.3 Å². The molecule has 0 bridgehead atoms. The summed E-state index contributed by atoms with van der Waals surface area (Å²) in [4.78, 5) is 0.